The Kier molecular flexibility index (Phi) is 3.52. The fraction of sp³-hybridized carbons (Fsp3) is 1.00. The van der Waals surface area contributed by atoms with Crippen LogP contribution in [-0.2, 0) is 0 Å². The monoisotopic (exact) mass is 231 g/mol. The highest BCUT2D eigenvalue weighted by Crippen LogP contribution is 2.43. The van der Waals surface area contributed by atoms with E-state index in [0.29, 0.717) is 19.4 Å². The van der Waals surface area contributed by atoms with E-state index in [9.17, 15) is 5.11 Å². The van der Waals surface area contributed by atoms with Crippen molar-refractivity contribution in [2.75, 3.05) is 13.1 Å². The Morgan fingerprint density at radius 3 is 2.42 bits per heavy atom. The molecule has 1 fully saturated rings. The summed E-state index contributed by atoms with van der Waals surface area (Å²) < 4.78 is -1.57. The maximum absolute atomic E-state index is 9.95. The average molecular weight is 233 g/mol. The minimum Gasteiger partial charge on any atom is -0.385 e. The van der Waals surface area contributed by atoms with E-state index in [4.69, 9.17) is 34.8 Å². The van der Waals surface area contributed by atoms with Gasteiger partial charge in [-0.15, -0.1) is 0 Å². The van der Waals surface area contributed by atoms with Gasteiger partial charge in [0.05, 0.1) is 0 Å². The number of alkyl halides is 3. The van der Waals surface area contributed by atoms with Gasteiger partial charge in [0.1, 0.15) is 5.60 Å². The average Bonchev–Trinajstić information content (AvgIpc) is 2.12. The molecule has 0 aromatic rings. The molecule has 1 saturated heterocycles. The van der Waals surface area contributed by atoms with Crippen molar-refractivity contribution in [1.82, 2.24) is 5.32 Å². The summed E-state index contributed by atoms with van der Waals surface area (Å²) >= 11 is 17.0. The van der Waals surface area contributed by atoms with Gasteiger partial charge in [0.15, 0.2) is 0 Å². The zero-order chi connectivity index (χ0) is 9.24. The summed E-state index contributed by atoms with van der Waals surface area (Å²) in [6.45, 7) is 1.58. The van der Waals surface area contributed by atoms with Crippen molar-refractivity contribution < 1.29 is 5.11 Å². The molecule has 0 spiro atoms. The van der Waals surface area contributed by atoms with Gasteiger partial charge in [-0.1, -0.05) is 34.8 Å². The fourth-order valence-electron chi connectivity index (χ4n) is 1.33. The quantitative estimate of drug-likeness (QED) is 0.625. The molecule has 0 saturated carbocycles. The first-order valence-electron chi connectivity index (χ1n) is 3.95. The van der Waals surface area contributed by atoms with E-state index in [-0.39, 0.29) is 0 Å². The zero-order valence-corrected chi connectivity index (χ0v) is 8.88. The van der Waals surface area contributed by atoms with Gasteiger partial charge in [0.25, 0.3) is 0 Å². The first-order valence-corrected chi connectivity index (χ1v) is 5.09. The Labute approximate surface area is 87.2 Å². The van der Waals surface area contributed by atoms with Crippen molar-refractivity contribution >= 4 is 34.8 Å². The third-order valence-electron chi connectivity index (χ3n) is 2.19. The van der Waals surface area contributed by atoms with Crippen LogP contribution in [0.2, 0.25) is 0 Å². The lowest BCUT2D eigenvalue weighted by atomic mass is 9.97. The maximum atomic E-state index is 9.95. The third-order valence-corrected chi connectivity index (χ3v) is 3.24. The van der Waals surface area contributed by atoms with Gasteiger partial charge in [-0.2, -0.15) is 0 Å². The lowest BCUT2D eigenvalue weighted by Gasteiger charge is -2.33. The van der Waals surface area contributed by atoms with E-state index < -0.39 is 9.39 Å². The molecule has 1 heterocycles. The standard InChI is InChI=1S/C7H12Cl3NO/c8-7(9,10)6(12)2-1-4-11-5-3-6/h11-12H,1-5H2. The van der Waals surface area contributed by atoms with Crippen molar-refractivity contribution in [2.24, 2.45) is 0 Å². The van der Waals surface area contributed by atoms with E-state index in [1.54, 1.807) is 0 Å². The topological polar surface area (TPSA) is 32.3 Å². The maximum Gasteiger partial charge on any atom is 0.218 e. The molecule has 2 N–H and O–H groups in total. The molecule has 1 unspecified atom stereocenters. The van der Waals surface area contributed by atoms with Gasteiger partial charge >= 0.3 is 0 Å². The molecular formula is C7H12Cl3NO. The Morgan fingerprint density at radius 2 is 1.83 bits per heavy atom. The van der Waals surface area contributed by atoms with Crippen LogP contribution >= 0.6 is 34.8 Å². The van der Waals surface area contributed by atoms with Gasteiger partial charge in [-0.3, -0.25) is 0 Å². The molecular weight excluding hydrogens is 220 g/mol. The lowest BCUT2D eigenvalue weighted by molar-refractivity contribution is 0.0319. The van der Waals surface area contributed by atoms with Crippen LogP contribution in [0.15, 0.2) is 0 Å². The van der Waals surface area contributed by atoms with Crippen LogP contribution in [-0.4, -0.2) is 27.6 Å². The summed E-state index contributed by atoms with van der Waals surface area (Å²) in [6, 6.07) is 0. The second-order valence-electron chi connectivity index (χ2n) is 3.13. The Hall–Kier alpha value is 0.790. The minimum atomic E-state index is -1.57. The SMILES string of the molecule is OC1(C(Cl)(Cl)Cl)CCCNCC1. The summed E-state index contributed by atoms with van der Waals surface area (Å²) in [4.78, 5) is 0. The largest absolute Gasteiger partial charge is 0.385 e. The smallest absolute Gasteiger partial charge is 0.218 e. The van der Waals surface area contributed by atoms with E-state index in [0.717, 1.165) is 13.0 Å². The van der Waals surface area contributed by atoms with Gasteiger partial charge in [0, 0.05) is 0 Å². The third kappa shape index (κ3) is 2.39. The second-order valence-corrected chi connectivity index (χ2v) is 5.41. The van der Waals surface area contributed by atoms with Crippen LogP contribution in [0.3, 0.4) is 0 Å². The summed E-state index contributed by atoms with van der Waals surface area (Å²) in [5.74, 6) is 0. The van der Waals surface area contributed by atoms with Gasteiger partial charge in [-0.05, 0) is 32.4 Å². The molecule has 1 rings (SSSR count). The van der Waals surface area contributed by atoms with Crippen LogP contribution in [0, 0.1) is 0 Å². The van der Waals surface area contributed by atoms with Crippen molar-refractivity contribution in [3.8, 4) is 0 Å². The summed E-state index contributed by atoms with van der Waals surface area (Å²) in [5, 5.41) is 13.1. The Bertz CT molecular complexity index is 149. The number of rotatable bonds is 0. The molecule has 1 atom stereocenters. The van der Waals surface area contributed by atoms with Crippen molar-refractivity contribution in [3.05, 3.63) is 0 Å². The molecule has 5 heteroatoms. The first kappa shape index (κ1) is 10.9. The van der Waals surface area contributed by atoms with E-state index in [1.807, 2.05) is 0 Å². The molecule has 0 radical (unpaired) electrons. The predicted octanol–water partition coefficient (Wildman–Crippen LogP) is 1.86. The van der Waals surface area contributed by atoms with Gasteiger partial charge in [0.2, 0.25) is 3.79 Å². The summed E-state index contributed by atoms with van der Waals surface area (Å²) in [5.41, 5.74) is -1.17. The molecule has 0 amide bonds. The number of nitrogens with one attached hydrogen (secondary N) is 1. The second kappa shape index (κ2) is 3.89. The summed E-state index contributed by atoms with van der Waals surface area (Å²) in [6.07, 6.45) is 1.87. The van der Waals surface area contributed by atoms with E-state index in [1.165, 1.54) is 0 Å². The van der Waals surface area contributed by atoms with E-state index in [2.05, 4.69) is 5.32 Å². The summed E-state index contributed by atoms with van der Waals surface area (Å²) in [7, 11) is 0. The Morgan fingerprint density at radius 1 is 1.17 bits per heavy atom. The minimum absolute atomic E-state index is 0.490. The molecule has 0 aromatic carbocycles. The molecule has 0 bridgehead atoms. The van der Waals surface area contributed by atoms with Crippen LogP contribution in [0.5, 0.6) is 0 Å². The number of hydrogen-bond acceptors (Lipinski definition) is 2. The molecule has 1 aliphatic rings. The van der Waals surface area contributed by atoms with Crippen molar-refractivity contribution in [3.63, 3.8) is 0 Å². The number of hydrogen-bond donors (Lipinski definition) is 2. The highest BCUT2D eigenvalue weighted by Gasteiger charge is 2.46. The van der Waals surface area contributed by atoms with Gasteiger partial charge < -0.3 is 10.4 Å². The van der Waals surface area contributed by atoms with Crippen LogP contribution in [0.25, 0.3) is 0 Å². The zero-order valence-electron chi connectivity index (χ0n) is 6.62. The first-order chi connectivity index (χ1) is 5.46. The van der Waals surface area contributed by atoms with Crippen LogP contribution in [0.1, 0.15) is 19.3 Å². The molecule has 12 heavy (non-hydrogen) atoms. The van der Waals surface area contributed by atoms with Crippen molar-refractivity contribution in [1.29, 1.82) is 0 Å². The Balaban J connectivity index is 2.67. The highest BCUT2D eigenvalue weighted by atomic mass is 35.6. The van der Waals surface area contributed by atoms with Crippen LogP contribution < -0.4 is 5.32 Å². The van der Waals surface area contributed by atoms with E-state index >= 15 is 0 Å². The predicted molar refractivity (Wildman–Crippen MR) is 52.0 cm³/mol. The molecule has 72 valence electrons. The van der Waals surface area contributed by atoms with Crippen molar-refractivity contribution in [2.45, 2.75) is 28.7 Å². The molecule has 2 nitrogen and oxygen atoms in total. The molecule has 0 aromatic heterocycles. The lowest BCUT2D eigenvalue weighted by Crippen LogP contribution is -2.43. The highest BCUT2D eigenvalue weighted by molar-refractivity contribution is 6.68. The molecule has 1 aliphatic heterocycles. The number of halogens is 3. The fourth-order valence-corrected chi connectivity index (χ4v) is 1.90. The van der Waals surface area contributed by atoms with Gasteiger partial charge in [-0.25, -0.2) is 0 Å². The molecule has 0 aliphatic carbocycles. The number of aliphatic hydroxyl groups is 1. The normalized spacial score (nSPS) is 33.0. The van der Waals surface area contributed by atoms with Crippen LogP contribution in [0.4, 0.5) is 0 Å².